The second-order valence-corrected chi connectivity index (χ2v) is 6.60. The van der Waals surface area contributed by atoms with Crippen LogP contribution >= 0.6 is 17.0 Å². The van der Waals surface area contributed by atoms with Gasteiger partial charge in [0.1, 0.15) is 0 Å². The van der Waals surface area contributed by atoms with E-state index in [1.54, 1.807) is 0 Å². The first kappa shape index (κ1) is 17.0. The van der Waals surface area contributed by atoms with Gasteiger partial charge >= 0.3 is 0 Å². The smallest absolute Gasteiger partial charge is 0.0730 e. The van der Waals surface area contributed by atoms with Crippen LogP contribution in [0.2, 0.25) is 0 Å². The maximum absolute atomic E-state index is 4.89. The molecule has 1 unspecified atom stereocenters. The molecule has 0 N–H and O–H groups in total. The predicted molar refractivity (Wildman–Crippen MR) is 108 cm³/mol. The molecule has 1 fully saturated rings. The molecule has 4 rings (SSSR count). The van der Waals surface area contributed by atoms with Gasteiger partial charge in [-0.2, -0.15) is 0 Å². The van der Waals surface area contributed by atoms with Gasteiger partial charge in [0.25, 0.3) is 0 Å². The second kappa shape index (κ2) is 7.35. The van der Waals surface area contributed by atoms with Crippen LogP contribution in [-0.2, 0) is 0 Å². The maximum Gasteiger partial charge on any atom is 0.0730 e. The Labute approximate surface area is 154 Å². The summed E-state index contributed by atoms with van der Waals surface area (Å²) in [7, 11) is 0. The monoisotopic (exact) mass is 382 g/mol. The van der Waals surface area contributed by atoms with Crippen LogP contribution in [0, 0.1) is 5.92 Å². The lowest BCUT2D eigenvalue weighted by molar-refractivity contribution is 0.447. The standard InChI is InChI=1S/C21H22N2.BrH/c1-16-8-7-13-23(15-16)21-14-20(17-9-3-2-4-10-17)22-19-12-6-5-11-18(19)21;/h2-6,9-12,14,16H,7-8,13,15H2,1H3;1H. The summed E-state index contributed by atoms with van der Waals surface area (Å²) in [5, 5.41) is 1.27. The molecule has 2 heterocycles. The topological polar surface area (TPSA) is 16.1 Å². The molecule has 1 aliphatic heterocycles. The maximum atomic E-state index is 4.89. The lowest BCUT2D eigenvalue weighted by Crippen LogP contribution is -2.34. The minimum atomic E-state index is 0. The van der Waals surface area contributed by atoms with E-state index in [-0.39, 0.29) is 17.0 Å². The SMILES string of the molecule is Br.CC1CCCN(c2cc(-c3ccccc3)nc3ccccc23)C1. The number of hydrogen-bond acceptors (Lipinski definition) is 2. The zero-order chi connectivity index (χ0) is 15.6. The minimum Gasteiger partial charge on any atom is -0.371 e. The fourth-order valence-corrected chi connectivity index (χ4v) is 3.58. The van der Waals surface area contributed by atoms with Crippen LogP contribution in [0.25, 0.3) is 22.2 Å². The molecule has 0 bridgehead atoms. The molecule has 1 saturated heterocycles. The highest BCUT2D eigenvalue weighted by Gasteiger charge is 2.19. The molecule has 0 saturated carbocycles. The number of piperidine rings is 1. The molecule has 3 aromatic rings. The van der Waals surface area contributed by atoms with Crippen LogP contribution in [-0.4, -0.2) is 18.1 Å². The fourth-order valence-electron chi connectivity index (χ4n) is 3.58. The molecular weight excluding hydrogens is 360 g/mol. The van der Waals surface area contributed by atoms with Crippen molar-refractivity contribution in [3.05, 3.63) is 60.7 Å². The van der Waals surface area contributed by atoms with Gasteiger partial charge in [0, 0.05) is 29.7 Å². The molecule has 0 aliphatic carbocycles. The molecule has 0 radical (unpaired) electrons. The van der Waals surface area contributed by atoms with Crippen LogP contribution in [0.4, 0.5) is 5.69 Å². The highest BCUT2D eigenvalue weighted by molar-refractivity contribution is 8.93. The lowest BCUT2D eigenvalue weighted by Gasteiger charge is -2.33. The van der Waals surface area contributed by atoms with Crippen molar-refractivity contribution in [1.82, 2.24) is 4.98 Å². The minimum absolute atomic E-state index is 0. The summed E-state index contributed by atoms with van der Waals surface area (Å²) in [4.78, 5) is 7.44. The number of para-hydroxylation sites is 1. The number of aromatic nitrogens is 1. The van der Waals surface area contributed by atoms with Gasteiger partial charge in [-0.15, -0.1) is 17.0 Å². The van der Waals surface area contributed by atoms with Crippen molar-refractivity contribution < 1.29 is 0 Å². The first-order valence-corrected chi connectivity index (χ1v) is 8.51. The fraction of sp³-hybridized carbons (Fsp3) is 0.286. The zero-order valence-electron chi connectivity index (χ0n) is 14.0. The summed E-state index contributed by atoms with van der Waals surface area (Å²) >= 11 is 0. The van der Waals surface area contributed by atoms with Crippen molar-refractivity contribution in [1.29, 1.82) is 0 Å². The Morgan fingerprint density at radius 3 is 2.54 bits per heavy atom. The first-order valence-electron chi connectivity index (χ1n) is 8.51. The number of fused-ring (bicyclic) bond motifs is 1. The molecule has 24 heavy (non-hydrogen) atoms. The predicted octanol–water partition coefficient (Wildman–Crippen LogP) is 5.72. The third-order valence-electron chi connectivity index (χ3n) is 4.76. The number of nitrogens with zero attached hydrogens (tertiary/aromatic N) is 2. The number of pyridine rings is 1. The summed E-state index contributed by atoms with van der Waals surface area (Å²) in [6.07, 6.45) is 2.61. The van der Waals surface area contributed by atoms with Crippen molar-refractivity contribution >= 4 is 33.6 Å². The van der Waals surface area contributed by atoms with E-state index in [0.717, 1.165) is 30.2 Å². The summed E-state index contributed by atoms with van der Waals surface area (Å²) in [5.74, 6) is 0.760. The molecule has 1 atom stereocenters. The summed E-state index contributed by atoms with van der Waals surface area (Å²) in [6.45, 7) is 4.64. The quantitative estimate of drug-likeness (QED) is 0.563. The van der Waals surface area contributed by atoms with Gasteiger partial charge in [-0.05, 0) is 30.9 Å². The van der Waals surface area contributed by atoms with Gasteiger partial charge in [-0.25, -0.2) is 4.98 Å². The van der Waals surface area contributed by atoms with Crippen LogP contribution in [0.5, 0.6) is 0 Å². The Kier molecular flexibility index (Phi) is 5.20. The van der Waals surface area contributed by atoms with Gasteiger partial charge < -0.3 is 4.90 Å². The van der Waals surface area contributed by atoms with E-state index in [0.29, 0.717) is 0 Å². The molecule has 0 amide bonds. The van der Waals surface area contributed by atoms with Gasteiger partial charge in [0.2, 0.25) is 0 Å². The van der Waals surface area contributed by atoms with Gasteiger partial charge in [0.15, 0.2) is 0 Å². The number of anilines is 1. The second-order valence-electron chi connectivity index (χ2n) is 6.60. The normalized spacial score (nSPS) is 17.5. The number of halogens is 1. The summed E-state index contributed by atoms with van der Waals surface area (Å²) in [6, 6.07) is 21.3. The molecule has 2 nitrogen and oxygen atoms in total. The third kappa shape index (κ3) is 3.32. The average Bonchev–Trinajstić information content (AvgIpc) is 2.61. The van der Waals surface area contributed by atoms with Crippen LogP contribution in [0.15, 0.2) is 60.7 Å². The third-order valence-corrected chi connectivity index (χ3v) is 4.76. The van der Waals surface area contributed by atoms with E-state index >= 15 is 0 Å². The van der Waals surface area contributed by atoms with E-state index in [9.17, 15) is 0 Å². The number of hydrogen-bond donors (Lipinski definition) is 0. The van der Waals surface area contributed by atoms with Crippen LogP contribution in [0.3, 0.4) is 0 Å². The largest absolute Gasteiger partial charge is 0.371 e. The Balaban J connectivity index is 0.00000169. The Morgan fingerprint density at radius 2 is 1.75 bits per heavy atom. The molecule has 124 valence electrons. The number of rotatable bonds is 2. The highest BCUT2D eigenvalue weighted by Crippen LogP contribution is 2.33. The molecule has 2 aromatic carbocycles. The Hall–Kier alpha value is -1.87. The first-order chi connectivity index (χ1) is 11.3. The lowest BCUT2D eigenvalue weighted by atomic mass is 9.98. The molecule has 1 aliphatic rings. The Bertz CT molecular complexity index is 816. The van der Waals surface area contributed by atoms with E-state index in [1.165, 1.54) is 29.5 Å². The van der Waals surface area contributed by atoms with Crippen molar-refractivity contribution in [3.63, 3.8) is 0 Å². The van der Waals surface area contributed by atoms with Crippen molar-refractivity contribution in [3.8, 4) is 11.3 Å². The Morgan fingerprint density at radius 1 is 1.00 bits per heavy atom. The van der Waals surface area contributed by atoms with Gasteiger partial charge in [-0.1, -0.05) is 55.5 Å². The molecular formula is C21H23BrN2. The van der Waals surface area contributed by atoms with E-state index in [4.69, 9.17) is 4.98 Å². The van der Waals surface area contributed by atoms with Crippen LogP contribution in [0.1, 0.15) is 19.8 Å². The van der Waals surface area contributed by atoms with E-state index in [2.05, 4.69) is 72.5 Å². The molecule has 1 aromatic heterocycles. The molecule has 0 spiro atoms. The summed E-state index contributed by atoms with van der Waals surface area (Å²) < 4.78 is 0. The highest BCUT2D eigenvalue weighted by atomic mass is 79.9. The average molecular weight is 383 g/mol. The zero-order valence-corrected chi connectivity index (χ0v) is 15.7. The van der Waals surface area contributed by atoms with Crippen molar-refractivity contribution in [2.45, 2.75) is 19.8 Å². The van der Waals surface area contributed by atoms with Crippen LogP contribution < -0.4 is 4.90 Å². The number of benzene rings is 2. The van der Waals surface area contributed by atoms with E-state index < -0.39 is 0 Å². The van der Waals surface area contributed by atoms with Gasteiger partial charge in [0.05, 0.1) is 11.2 Å². The summed E-state index contributed by atoms with van der Waals surface area (Å²) in [5.41, 5.74) is 4.67. The van der Waals surface area contributed by atoms with Gasteiger partial charge in [-0.3, -0.25) is 0 Å². The molecule has 3 heteroatoms. The van der Waals surface area contributed by atoms with Crippen molar-refractivity contribution in [2.24, 2.45) is 5.92 Å². The van der Waals surface area contributed by atoms with Crippen molar-refractivity contribution in [2.75, 3.05) is 18.0 Å². The van der Waals surface area contributed by atoms with E-state index in [1.807, 2.05) is 0 Å².